The van der Waals surface area contributed by atoms with E-state index in [-0.39, 0.29) is 5.91 Å². The summed E-state index contributed by atoms with van der Waals surface area (Å²) in [6.45, 7) is 4.20. The summed E-state index contributed by atoms with van der Waals surface area (Å²) < 4.78 is 2.16. The molecule has 0 saturated heterocycles. The van der Waals surface area contributed by atoms with Crippen LogP contribution < -0.4 is 5.32 Å². The number of nitrogens with zero attached hydrogens (tertiary/aromatic N) is 3. The maximum atomic E-state index is 11.3. The molecule has 5 heteroatoms. The van der Waals surface area contributed by atoms with Gasteiger partial charge < -0.3 is 9.88 Å². The van der Waals surface area contributed by atoms with Crippen LogP contribution in [0.3, 0.4) is 0 Å². The van der Waals surface area contributed by atoms with Crippen LogP contribution in [0.2, 0.25) is 0 Å². The van der Waals surface area contributed by atoms with E-state index >= 15 is 0 Å². The van der Waals surface area contributed by atoms with E-state index in [0.717, 1.165) is 33.9 Å². The lowest BCUT2D eigenvalue weighted by molar-refractivity contribution is -0.114. The van der Waals surface area contributed by atoms with Gasteiger partial charge in [-0.25, -0.2) is 4.98 Å². The Labute approximate surface area is 170 Å². The number of carbonyl (C=O) groups is 1. The number of anilines is 1. The minimum absolute atomic E-state index is 0.0826. The molecule has 0 spiro atoms. The third-order valence-electron chi connectivity index (χ3n) is 4.68. The molecule has 4 rings (SSSR count). The van der Waals surface area contributed by atoms with Crippen LogP contribution in [0.4, 0.5) is 5.69 Å². The summed E-state index contributed by atoms with van der Waals surface area (Å²) in [5, 5.41) is 2.82. The third kappa shape index (κ3) is 4.24. The summed E-state index contributed by atoms with van der Waals surface area (Å²) >= 11 is 0. The summed E-state index contributed by atoms with van der Waals surface area (Å²) in [5.41, 5.74) is 7.03. The standard InChI is InChI=1S/C24H22N4O/c1-17-14-19(12-13-25-17)15-28-16-26-23(20-6-4-3-5-7-20)24(28)21-8-10-22(11-9-21)27-18(2)29/h3-14,16H,15H2,1-2H3,(H,27,29). The second-order valence-electron chi connectivity index (χ2n) is 7.00. The van der Waals surface area contributed by atoms with Crippen LogP contribution in [-0.2, 0) is 11.3 Å². The molecule has 0 atom stereocenters. The fraction of sp³-hybridized carbons (Fsp3) is 0.125. The van der Waals surface area contributed by atoms with Crippen LogP contribution in [0, 0.1) is 6.92 Å². The van der Waals surface area contributed by atoms with Gasteiger partial charge in [-0.3, -0.25) is 9.78 Å². The van der Waals surface area contributed by atoms with Gasteiger partial charge in [-0.1, -0.05) is 42.5 Å². The Morgan fingerprint density at radius 1 is 0.966 bits per heavy atom. The molecule has 0 aliphatic carbocycles. The third-order valence-corrected chi connectivity index (χ3v) is 4.68. The first-order valence-electron chi connectivity index (χ1n) is 9.50. The summed E-state index contributed by atoms with van der Waals surface area (Å²) in [5.74, 6) is -0.0826. The maximum absolute atomic E-state index is 11.3. The van der Waals surface area contributed by atoms with E-state index in [1.54, 1.807) is 0 Å². The first kappa shape index (κ1) is 18.6. The zero-order valence-electron chi connectivity index (χ0n) is 16.5. The topological polar surface area (TPSA) is 59.8 Å². The molecule has 0 aliphatic heterocycles. The first-order chi connectivity index (χ1) is 14.1. The van der Waals surface area contributed by atoms with E-state index in [1.165, 1.54) is 12.5 Å². The molecule has 144 valence electrons. The molecule has 1 N–H and O–H groups in total. The Kier molecular flexibility index (Phi) is 5.20. The van der Waals surface area contributed by atoms with Gasteiger partial charge in [-0.05, 0) is 36.8 Å². The monoisotopic (exact) mass is 382 g/mol. The highest BCUT2D eigenvalue weighted by atomic mass is 16.1. The normalized spacial score (nSPS) is 10.7. The molecule has 0 bridgehead atoms. The Balaban J connectivity index is 1.78. The van der Waals surface area contributed by atoms with Crippen molar-refractivity contribution in [3.63, 3.8) is 0 Å². The van der Waals surface area contributed by atoms with Gasteiger partial charge in [0, 0.05) is 42.2 Å². The van der Waals surface area contributed by atoms with Gasteiger partial charge >= 0.3 is 0 Å². The van der Waals surface area contributed by atoms with E-state index in [9.17, 15) is 4.79 Å². The van der Waals surface area contributed by atoms with Gasteiger partial charge in [-0.2, -0.15) is 0 Å². The molecule has 2 aromatic heterocycles. The maximum Gasteiger partial charge on any atom is 0.221 e. The molecule has 0 saturated carbocycles. The van der Waals surface area contributed by atoms with Crippen molar-refractivity contribution in [3.05, 3.63) is 90.5 Å². The molecule has 2 aromatic carbocycles. The number of nitrogens with one attached hydrogen (secondary N) is 1. The predicted octanol–water partition coefficient (Wildman–Crippen LogP) is 4.93. The quantitative estimate of drug-likeness (QED) is 0.532. The molecule has 0 fully saturated rings. The van der Waals surface area contributed by atoms with Crippen LogP contribution in [0.25, 0.3) is 22.5 Å². The molecule has 1 amide bonds. The lowest BCUT2D eigenvalue weighted by atomic mass is 10.0. The lowest BCUT2D eigenvalue weighted by Gasteiger charge is -2.12. The predicted molar refractivity (Wildman–Crippen MR) is 115 cm³/mol. The number of carbonyl (C=O) groups excluding carboxylic acids is 1. The average Bonchev–Trinajstić information content (AvgIpc) is 3.12. The Morgan fingerprint density at radius 2 is 1.72 bits per heavy atom. The van der Waals surface area contributed by atoms with Gasteiger partial charge in [0.15, 0.2) is 0 Å². The summed E-state index contributed by atoms with van der Waals surface area (Å²) in [6.07, 6.45) is 3.72. The van der Waals surface area contributed by atoms with E-state index in [1.807, 2.05) is 68.0 Å². The SMILES string of the molecule is CC(=O)Nc1ccc(-c2c(-c3ccccc3)ncn2Cc2ccnc(C)c2)cc1. The number of pyridine rings is 1. The fourth-order valence-electron chi connectivity index (χ4n) is 3.43. The van der Waals surface area contributed by atoms with Gasteiger partial charge in [-0.15, -0.1) is 0 Å². The molecule has 0 aliphatic rings. The van der Waals surface area contributed by atoms with Crippen molar-refractivity contribution < 1.29 is 4.79 Å². The molecular weight excluding hydrogens is 360 g/mol. The van der Waals surface area contributed by atoms with E-state index < -0.39 is 0 Å². The number of benzene rings is 2. The van der Waals surface area contributed by atoms with E-state index in [0.29, 0.717) is 6.54 Å². The lowest BCUT2D eigenvalue weighted by Crippen LogP contribution is -2.05. The minimum atomic E-state index is -0.0826. The van der Waals surface area contributed by atoms with Gasteiger partial charge in [0.25, 0.3) is 0 Å². The van der Waals surface area contributed by atoms with Crippen LogP contribution in [0.15, 0.2) is 79.3 Å². The molecular formula is C24H22N4O. The van der Waals surface area contributed by atoms with Crippen molar-refractivity contribution >= 4 is 11.6 Å². The van der Waals surface area contributed by atoms with Crippen molar-refractivity contribution in [1.82, 2.24) is 14.5 Å². The van der Waals surface area contributed by atoms with Gasteiger partial charge in [0.1, 0.15) is 0 Å². The number of hydrogen-bond acceptors (Lipinski definition) is 3. The smallest absolute Gasteiger partial charge is 0.221 e. The second-order valence-corrected chi connectivity index (χ2v) is 7.00. The molecule has 5 nitrogen and oxygen atoms in total. The second kappa shape index (κ2) is 8.10. The number of rotatable bonds is 5. The molecule has 2 heterocycles. The van der Waals surface area contributed by atoms with Crippen LogP contribution >= 0.6 is 0 Å². The summed E-state index contributed by atoms with van der Waals surface area (Å²) in [7, 11) is 0. The van der Waals surface area contributed by atoms with Crippen LogP contribution in [0.5, 0.6) is 0 Å². The molecule has 29 heavy (non-hydrogen) atoms. The first-order valence-corrected chi connectivity index (χ1v) is 9.50. The Hall–Kier alpha value is -3.73. The van der Waals surface area contributed by atoms with Crippen LogP contribution in [-0.4, -0.2) is 20.4 Å². The number of hydrogen-bond donors (Lipinski definition) is 1. The molecule has 0 unspecified atom stereocenters. The van der Waals surface area contributed by atoms with E-state index in [4.69, 9.17) is 4.98 Å². The fourth-order valence-corrected chi connectivity index (χ4v) is 3.43. The molecule has 4 aromatic rings. The van der Waals surface area contributed by atoms with Crippen LogP contribution in [0.1, 0.15) is 18.2 Å². The van der Waals surface area contributed by atoms with E-state index in [2.05, 4.69) is 33.1 Å². The summed E-state index contributed by atoms with van der Waals surface area (Å²) in [6, 6.07) is 22.2. The zero-order valence-corrected chi connectivity index (χ0v) is 16.5. The minimum Gasteiger partial charge on any atom is -0.326 e. The Morgan fingerprint density at radius 3 is 2.41 bits per heavy atom. The Bertz CT molecular complexity index is 1130. The highest BCUT2D eigenvalue weighted by molar-refractivity contribution is 5.89. The molecule has 0 radical (unpaired) electrons. The van der Waals surface area contributed by atoms with Gasteiger partial charge in [0.05, 0.1) is 17.7 Å². The summed E-state index contributed by atoms with van der Waals surface area (Å²) in [4.78, 5) is 20.3. The largest absolute Gasteiger partial charge is 0.326 e. The van der Waals surface area contributed by atoms with Crippen molar-refractivity contribution in [2.75, 3.05) is 5.32 Å². The van der Waals surface area contributed by atoms with Crippen molar-refractivity contribution in [2.45, 2.75) is 20.4 Å². The van der Waals surface area contributed by atoms with Crippen molar-refractivity contribution in [1.29, 1.82) is 0 Å². The highest BCUT2D eigenvalue weighted by Gasteiger charge is 2.15. The highest BCUT2D eigenvalue weighted by Crippen LogP contribution is 2.32. The average molecular weight is 382 g/mol. The number of aromatic nitrogens is 3. The zero-order chi connectivity index (χ0) is 20.2. The van der Waals surface area contributed by atoms with Gasteiger partial charge in [0.2, 0.25) is 5.91 Å². The number of imidazole rings is 1. The number of amides is 1. The van der Waals surface area contributed by atoms with Crippen molar-refractivity contribution in [2.24, 2.45) is 0 Å². The number of aryl methyl sites for hydroxylation is 1. The van der Waals surface area contributed by atoms with Crippen molar-refractivity contribution in [3.8, 4) is 22.5 Å².